The quantitative estimate of drug-likeness (QED) is 0.812. The average Bonchev–Trinajstić information content (AvgIpc) is 2.88. The molecule has 1 fully saturated rings. The molecule has 2 heterocycles. The van der Waals surface area contributed by atoms with Gasteiger partial charge in [0.1, 0.15) is 5.54 Å². The van der Waals surface area contributed by atoms with Crippen molar-refractivity contribution in [2.75, 3.05) is 18.6 Å². The maximum Gasteiger partial charge on any atom is 0.330 e. The van der Waals surface area contributed by atoms with Gasteiger partial charge in [0.2, 0.25) is 5.88 Å². The molecule has 0 spiro atoms. The van der Waals surface area contributed by atoms with Crippen molar-refractivity contribution < 1.29 is 19.4 Å². The predicted octanol–water partition coefficient (Wildman–Crippen LogP) is 0.175. The molecular weight excluding hydrogens is 270 g/mol. The van der Waals surface area contributed by atoms with Gasteiger partial charge in [-0.05, 0) is 18.2 Å². The molecule has 0 saturated carbocycles. The highest BCUT2D eigenvalue weighted by atomic mass is 32.2. The summed E-state index contributed by atoms with van der Waals surface area (Å²) in [5.41, 5.74) is -1.14. The molecule has 1 aliphatic heterocycles. The van der Waals surface area contributed by atoms with Gasteiger partial charge in [-0.2, -0.15) is 11.8 Å². The molecule has 0 radical (unpaired) electrons. The summed E-state index contributed by atoms with van der Waals surface area (Å²) in [7, 11) is 1.44. The molecule has 1 aromatic rings. The van der Waals surface area contributed by atoms with Crippen molar-refractivity contribution in [1.82, 2.24) is 15.5 Å². The van der Waals surface area contributed by atoms with E-state index in [9.17, 15) is 14.7 Å². The Bertz CT molecular complexity index is 485. The number of thioether (sulfide) groups is 1. The number of hydrogen-bond donors (Lipinski definition) is 2. The zero-order chi connectivity index (χ0) is 13.9. The third kappa shape index (κ3) is 2.78. The summed E-state index contributed by atoms with van der Waals surface area (Å²) in [5, 5.41) is 19.2. The molecular formula is C11H13N3O4S. The molecule has 1 unspecified atom stereocenters. The fourth-order valence-corrected chi connectivity index (χ4v) is 3.04. The van der Waals surface area contributed by atoms with Crippen molar-refractivity contribution in [3.63, 3.8) is 0 Å². The first-order chi connectivity index (χ1) is 9.07. The number of methoxy groups -OCH3 is 1. The van der Waals surface area contributed by atoms with Gasteiger partial charge in [-0.25, -0.2) is 4.79 Å². The number of aromatic nitrogens is 2. The molecule has 2 N–H and O–H groups in total. The highest BCUT2D eigenvalue weighted by Gasteiger charge is 2.43. The minimum Gasteiger partial charge on any atom is -0.480 e. The van der Waals surface area contributed by atoms with Gasteiger partial charge >= 0.3 is 5.97 Å². The normalized spacial score (nSPS) is 21.9. The van der Waals surface area contributed by atoms with E-state index >= 15 is 0 Å². The summed E-state index contributed by atoms with van der Waals surface area (Å²) >= 11 is 1.50. The molecule has 0 aliphatic carbocycles. The average molecular weight is 283 g/mol. The number of nitrogens with zero attached hydrogens (tertiary/aromatic N) is 2. The van der Waals surface area contributed by atoms with Crippen LogP contribution in [-0.4, -0.2) is 51.3 Å². The molecule has 0 aromatic carbocycles. The number of carbonyl (C=O) groups excluding carboxylic acids is 1. The number of rotatable bonds is 4. The Morgan fingerprint density at radius 2 is 2.26 bits per heavy atom. The number of nitrogens with one attached hydrogen (secondary N) is 1. The Labute approximate surface area is 113 Å². The van der Waals surface area contributed by atoms with Gasteiger partial charge in [0.15, 0.2) is 5.69 Å². The number of carbonyl (C=O) groups is 2. The van der Waals surface area contributed by atoms with Gasteiger partial charge < -0.3 is 15.2 Å². The molecule has 1 saturated heterocycles. The van der Waals surface area contributed by atoms with Gasteiger partial charge in [0.25, 0.3) is 5.91 Å². The fourth-order valence-electron chi connectivity index (χ4n) is 1.72. The molecule has 1 aromatic heterocycles. The van der Waals surface area contributed by atoms with E-state index in [0.29, 0.717) is 23.8 Å². The standard InChI is InChI=1S/C11H13N3O4S/c1-18-8-3-2-7(13-14-8)9(15)12-11(10(16)17)4-5-19-6-11/h2-3H,4-6H2,1H3,(H,12,15)(H,16,17). The van der Waals surface area contributed by atoms with Crippen LogP contribution in [0.25, 0.3) is 0 Å². The summed E-state index contributed by atoms with van der Waals surface area (Å²) in [6, 6.07) is 2.94. The van der Waals surface area contributed by atoms with Crippen LogP contribution in [0.2, 0.25) is 0 Å². The predicted molar refractivity (Wildman–Crippen MR) is 68.4 cm³/mol. The Morgan fingerprint density at radius 3 is 2.74 bits per heavy atom. The van der Waals surface area contributed by atoms with Crippen LogP contribution in [0.5, 0.6) is 5.88 Å². The maximum absolute atomic E-state index is 12.0. The van der Waals surface area contributed by atoms with Crippen LogP contribution in [0, 0.1) is 0 Å². The zero-order valence-corrected chi connectivity index (χ0v) is 11.1. The number of carboxylic acid groups (broad SMARTS) is 1. The van der Waals surface area contributed by atoms with Crippen LogP contribution in [-0.2, 0) is 4.79 Å². The second kappa shape index (κ2) is 5.43. The minimum absolute atomic E-state index is 0.0679. The topological polar surface area (TPSA) is 101 Å². The van der Waals surface area contributed by atoms with Crippen molar-refractivity contribution in [2.45, 2.75) is 12.0 Å². The number of carboxylic acids is 1. The first-order valence-corrected chi connectivity index (χ1v) is 6.74. The number of hydrogen-bond acceptors (Lipinski definition) is 6. The first-order valence-electron chi connectivity index (χ1n) is 5.59. The maximum atomic E-state index is 12.0. The summed E-state index contributed by atoms with van der Waals surface area (Å²) in [5.74, 6) is -0.202. The molecule has 1 atom stereocenters. The summed E-state index contributed by atoms with van der Waals surface area (Å²) in [4.78, 5) is 23.3. The largest absolute Gasteiger partial charge is 0.480 e. The van der Waals surface area contributed by atoms with Gasteiger partial charge in [-0.1, -0.05) is 0 Å². The highest BCUT2D eigenvalue weighted by molar-refractivity contribution is 7.99. The van der Waals surface area contributed by atoms with Crippen molar-refractivity contribution in [3.8, 4) is 5.88 Å². The van der Waals surface area contributed by atoms with Crippen molar-refractivity contribution in [2.24, 2.45) is 0 Å². The Balaban J connectivity index is 2.13. The second-order valence-corrected chi connectivity index (χ2v) is 5.21. The smallest absolute Gasteiger partial charge is 0.330 e. The van der Waals surface area contributed by atoms with Crippen LogP contribution >= 0.6 is 11.8 Å². The zero-order valence-electron chi connectivity index (χ0n) is 10.3. The lowest BCUT2D eigenvalue weighted by Gasteiger charge is -2.24. The summed E-state index contributed by atoms with van der Waals surface area (Å²) in [6.07, 6.45) is 0.405. The van der Waals surface area contributed by atoms with Crippen LogP contribution < -0.4 is 10.1 Å². The number of ether oxygens (including phenoxy) is 1. The molecule has 102 valence electrons. The van der Waals surface area contributed by atoms with Crippen molar-refractivity contribution in [3.05, 3.63) is 17.8 Å². The van der Waals surface area contributed by atoms with Crippen LogP contribution in [0.15, 0.2) is 12.1 Å². The summed E-state index contributed by atoms with van der Waals surface area (Å²) < 4.78 is 4.84. The lowest BCUT2D eigenvalue weighted by atomic mass is 9.99. The molecule has 19 heavy (non-hydrogen) atoms. The van der Waals surface area contributed by atoms with E-state index in [1.807, 2.05) is 0 Å². The van der Waals surface area contributed by atoms with Crippen molar-refractivity contribution >= 4 is 23.6 Å². The van der Waals surface area contributed by atoms with E-state index in [1.54, 1.807) is 0 Å². The van der Waals surface area contributed by atoms with Crippen LogP contribution in [0.1, 0.15) is 16.9 Å². The Kier molecular flexibility index (Phi) is 3.89. The van der Waals surface area contributed by atoms with E-state index in [0.717, 1.165) is 0 Å². The van der Waals surface area contributed by atoms with E-state index < -0.39 is 17.4 Å². The SMILES string of the molecule is COc1ccc(C(=O)NC2(C(=O)O)CCSC2)nn1. The lowest BCUT2D eigenvalue weighted by Crippen LogP contribution is -2.54. The lowest BCUT2D eigenvalue weighted by molar-refractivity contribution is -0.143. The van der Waals surface area contributed by atoms with E-state index in [1.165, 1.54) is 31.0 Å². The monoisotopic (exact) mass is 283 g/mol. The third-order valence-electron chi connectivity index (χ3n) is 2.87. The second-order valence-electron chi connectivity index (χ2n) is 4.10. The molecule has 2 rings (SSSR count). The highest BCUT2D eigenvalue weighted by Crippen LogP contribution is 2.28. The van der Waals surface area contributed by atoms with E-state index in [2.05, 4.69) is 15.5 Å². The molecule has 1 aliphatic rings. The van der Waals surface area contributed by atoms with Gasteiger partial charge in [-0.15, -0.1) is 10.2 Å². The molecule has 1 amide bonds. The van der Waals surface area contributed by atoms with Gasteiger partial charge in [-0.3, -0.25) is 4.79 Å². The van der Waals surface area contributed by atoms with Gasteiger partial charge in [0, 0.05) is 11.8 Å². The first kappa shape index (κ1) is 13.6. The van der Waals surface area contributed by atoms with Crippen LogP contribution in [0.3, 0.4) is 0 Å². The third-order valence-corrected chi connectivity index (χ3v) is 4.06. The Morgan fingerprint density at radius 1 is 1.47 bits per heavy atom. The molecule has 8 heteroatoms. The van der Waals surface area contributed by atoms with Crippen molar-refractivity contribution in [1.29, 1.82) is 0 Å². The summed E-state index contributed by atoms with van der Waals surface area (Å²) in [6.45, 7) is 0. The number of amides is 1. The van der Waals surface area contributed by atoms with E-state index in [-0.39, 0.29) is 5.69 Å². The van der Waals surface area contributed by atoms with E-state index in [4.69, 9.17) is 4.74 Å². The van der Waals surface area contributed by atoms with Gasteiger partial charge in [0.05, 0.1) is 7.11 Å². The van der Waals surface area contributed by atoms with Crippen LogP contribution in [0.4, 0.5) is 0 Å². The molecule has 0 bridgehead atoms. The fraction of sp³-hybridized carbons (Fsp3) is 0.455. The molecule has 7 nitrogen and oxygen atoms in total. The minimum atomic E-state index is -1.21. The Hall–Kier alpha value is -1.83. The number of aliphatic carboxylic acids is 1.